The average molecular weight is 620 g/mol. The maximum Gasteiger partial charge on any atom is 0.308 e. The zero-order valence-corrected chi connectivity index (χ0v) is 24.4. The van der Waals surface area contributed by atoms with Crippen LogP contribution in [0.4, 0.5) is 5.69 Å². The maximum absolute atomic E-state index is 13.9. The summed E-state index contributed by atoms with van der Waals surface area (Å²) >= 11 is 3.30. The summed E-state index contributed by atoms with van der Waals surface area (Å²) in [7, 11) is 0. The molecule has 10 nitrogen and oxygen atoms in total. The molecule has 0 bridgehead atoms. The van der Waals surface area contributed by atoms with Crippen molar-refractivity contribution in [2.24, 2.45) is 0 Å². The van der Waals surface area contributed by atoms with Crippen molar-refractivity contribution in [2.75, 3.05) is 25.4 Å². The molecule has 3 aromatic rings. The van der Waals surface area contributed by atoms with Gasteiger partial charge in [0, 0.05) is 56.8 Å². The number of ether oxygens (including phenoxy) is 1. The van der Waals surface area contributed by atoms with Crippen LogP contribution in [-0.4, -0.2) is 62.0 Å². The summed E-state index contributed by atoms with van der Waals surface area (Å²) in [5.41, 5.74) is 11.4. The van der Waals surface area contributed by atoms with Crippen molar-refractivity contribution in [2.45, 2.75) is 51.0 Å². The van der Waals surface area contributed by atoms with Crippen LogP contribution in [0.5, 0.6) is 5.75 Å². The van der Waals surface area contributed by atoms with Crippen LogP contribution in [0.1, 0.15) is 71.0 Å². The van der Waals surface area contributed by atoms with Gasteiger partial charge < -0.3 is 20.3 Å². The summed E-state index contributed by atoms with van der Waals surface area (Å²) in [6.45, 7) is 6.18. The van der Waals surface area contributed by atoms with Gasteiger partial charge in [0.1, 0.15) is 10.3 Å². The van der Waals surface area contributed by atoms with Gasteiger partial charge in [-0.15, -0.1) is 0 Å². The van der Waals surface area contributed by atoms with Gasteiger partial charge in [-0.1, -0.05) is 19.1 Å². The second-order valence-electron chi connectivity index (χ2n) is 10.8. The van der Waals surface area contributed by atoms with E-state index in [1.165, 1.54) is 25.6 Å². The summed E-state index contributed by atoms with van der Waals surface area (Å²) in [5.74, 6) is 0.103. The van der Waals surface area contributed by atoms with Crippen molar-refractivity contribution in [3.05, 3.63) is 75.8 Å². The molecule has 41 heavy (non-hydrogen) atoms. The van der Waals surface area contributed by atoms with Crippen LogP contribution in [0.3, 0.4) is 0 Å². The fourth-order valence-electron chi connectivity index (χ4n) is 6.08. The first kappa shape index (κ1) is 27.2. The highest BCUT2D eigenvalue weighted by Gasteiger charge is 2.40. The lowest BCUT2D eigenvalue weighted by Crippen LogP contribution is -2.46. The van der Waals surface area contributed by atoms with Gasteiger partial charge in [0.2, 0.25) is 5.91 Å². The Balaban J connectivity index is 1.45. The topological polar surface area (TPSA) is 124 Å². The minimum atomic E-state index is -0.448. The number of halogens is 1. The fraction of sp³-hybridized carbons (Fsp3) is 0.367. The Bertz CT molecular complexity index is 1580. The molecular weight excluding hydrogens is 588 g/mol. The highest BCUT2D eigenvalue weighted by atomic mass is 79.9. The lowest BCUT2D eigenvalue weighted by atomic mass is 9.80. The van der Waals surface area contributed by atoms with E-state index in [0.29, 0.717) is 65.7 Å². The molecule has 6 rings (SSSR count). The van der Waals surface area contributed by atoms with Crippen molar-refractivity contribution in [1.82, 2.24) is 24.6 Å². The van der Waals surface area contributed by atoms with E-state index in [1.807, 2.05) is 16.8 Å². The molecule has 1 aliphatic carbocycles. The SMILES string of the molecule is C=CC(=O)N1CCc2nn(-c3ccc(C4CCC4)cc3OC(C)=O)c3c2[C@H](C1)N(C(=O)c1cnc(Br)cc1N)CC3. The van der Waals surface area contributed by atoms with Crippen molar-refractivity contribution >= 4 is 39.4 Å². The van der Waals surface area contributed by atoms with Crippen LogP contribution in [0, 0.1) is 0 Å². The largest absolute Gasteiger partial charge is 0.424 e. The van der Waals surface area contributed by atoms with E-state index in [0.717, 1.165) is 35.4 Å². The number of hydrogen-bond acceptors (Lipinski definition) is 7. The van der Waals surface area contributed by atoms with E-state index in [4.69, 9.17) is 15.6 Å². The maximum atomic E-state index is 13.9. The van der Waals surface area contributed by atoms with E-state index in [1.54, 1.807) is 15.9 Å². The van der Waals surface area contributed by atoms with E-state index < -0.39 is 12.0 Å². The molecule has 1 atom stereocenters. The van der Waals surface area contributed by atoms with Crippen LogP contribution >= 0.6 is 15.9 Å². The molecule has 2 aliphatic heterocycles. The molecule has 2 N–H and O–H groups in total. The van der Waals surface area contributed by atoms with Gasteiger partial charge in [0.05, 0.1) is 23.0 Å². The second kappa shape index (κ2) is 10.8. The van der Waals surface area contributed by atoms with Crippen molar-refractivity contribution < 1.29 is 19.1 Å². The highest BCUT2D eigenvalue weighted by molar-refractivity contribution is 9.10. The van der Waals surface area contributed by atoms with Crippen LogP contribution in [0.15, 0.2) is 47.7 Å². The molecule has 0 spiro atoms. The van der Waals surface area contributed by atoms with Gasteiger partial charge in [0.15, 0.2) is 5.75 Å². The Morgan fingerprint density at radius 2 is 1.98 bits per heavy atom. The van der Waals surface area contributed by atoms with Gasteiger partial charge in [-0.2, -0.15) is 5.10 Å². The number of esters is 1. The molecule has 2 amide bonds. The molecule has 1 aromatic carbocycles. The lowest BCUT2D eigenvalue weighted by Gasteiger charge is -2.38. The van der Waals surface area contributed by atoms with Crippen LogP contribution in [0.2, 0.25) is 0 Å². The number of benzene rings is 1. The number of rotatable bonds is 5. The standard InChI is InChI=1S/C30H31BrN6O4/c1-3-28(39)35-11-9-22-29-24(10-12-36(25(29)16-35)30(40)20-15-33-27(31)14-21(20)32)37(34-22)23-8-7-19(18-5-4-6-18)13-26(23)41-17(2)38/h3,7-8,13-15,18,25H,1,4-6,9-12,16H2,2H3,(H2,32,33)/t25-/m0/s1. The van der Waals surface area contributed by atoms with Crippen molar-refractivity contribution in [1.29, 1.82) is 0 Å². The molecule has 3 aliphatic rings. The smallest absolute Gasteiger partial charge is 0.308 e. The Kier molecular flexibility index (Phi) is 7.14. The Morgan fingerprint density at radius 3 is 2.66 bits per heavy atom. The molecule has 2 aromatic heterocycles. The first-order valence-electron chi connectivity index (χ1n) is 13.8. The first-order chi connectivity index (χ1) is 19.7. The van der Waals surface area contributed by atoms with Gasteiger partial charge in [-0.3, -0.25) is 14.4 Å². The number of hydrogen-bond donors (Lipinski definition) is 1. The summed E-state index contributed by atoms with van der Waals surface area (Å²) in [4.78, 5) is 46.4. The van der Waals surface area contributed by atoms with E-state index >= 15 is 0 Å². The second-order valence-corrected chi connectivity index (χ2v) is 11.6. The number of nitrogens with zero attached hydrogens (tertiary/aromatic N) is 5. The molecule has 0 unspecified atom stereocenters. The highest BCUT2D eigenvalue weighted by Crippen LogP contribution is 2.42. The number of pyridine rings is 1. The van der Waals surface area contributed by atoms with Crippen LogP contribution < -0.4 is 10.5 Å². The fourth-order valence-corrected chi connectivity index (χ4v) is 6.43. The van der Waals surface area contributed by atoms with Crippen molar-refractivity contribution in [3.63, 3.8) is 0 Å². The number of carbonyl (C=O) groups excluding carboxylic acids is 3. The number of amides is 2. The number of carbonyl (C=O) groups is 3. The van der Waals surface area contributed by atoms with Gasteiger partial charge in [-0.05, 0) is 64.5 Å². The summed E-state index contributed by atoms with van der Waals surface area (Å²) < 4.78 is 8.12. The molecule has 212 valence electrons. The molecule has 11 heteroatoms. The normalized spacial score (nSPS) is 18.2. The monoisotopic (exact) mass is 618 g/mol. The van der Waals surface area contributed by atoms with Crippen LogP contribution in [0.25, 0.3) is 5.69 Å². The van der Waals surface area contributed by atoms with E-state index in [9.17, 15) is 14.4 Å². The van der Waals surface area contributed by atoms with E-state index in [-0.39, 0.29) is 11.8 Å². The summed E-state index contributed by atoms with van der Waals surface area (Å²) in [5, 5.41) is 5.01. The first-order valence-corrected chi connectivity index (χ1v) is 14.6. The zero-order chi connectivity index (χ0) is 28.8. The molecule has 4 heterocycles. The average Bonchev–Trinajstić information content (AvgIpc) is 3.16. The third kappa shape index (κ3) is 4.92. The lowest BCUT2D eigenvalue weighted by molar-refractivity contribution is -0.132. The molecule has 0 radical (unpaired) electrons. The number of aromatic nitrogens is 3. The Morgan fingerprint density at radius 1 is 1.17 bits per heavy atom. The number of anilines is 1. The quantitative estimate of drug-likeness (QED) is 0.197. The summed E-state index contributed by atoms with van der Waals surface area (Å²) in [6.07, 6.45) is 7.26. The number of nitrogen functional groups attached to an aromatic ring is 1. The van der Waals surface area contributed by atoms with E-state index in [2.05, 4.69) is 33.6 Å². The third-order valence-electron chi connectivity index (χ3n) is 8.33. The minimum Gasteiger partial charge on any atom is -0.424 e. The van der Waals surface area contributed by atoms with Crippen LogP contribution in [-0.2, 0) is 22.4 Å². The predicted octanol–water partition coefficient (Wildman–Crippen LogP) is 4.12. The van der Waals surface area contributed by atoms with Gasteiger partial charge >= 0.3 is 5.97 Å². The number of nitrogens with two attached hydrogens (primary N) is 1. The summed E-state index contributed by atoms with van der Waals surface area (Å²) in [6, 6.07) is 7.19. The van der Waals surface area contributed by atoms with Crippen molar-refractivity contribution in [3.8, 4) is 11.4 Å². The molecule has 1 saturated carbocycles. The zero-order valence-electron chi connectivity index (χ0n) is 22.8. The minimum absolute atomic E-state index is 0.198. The molecule has 1 fully saturated rings. The van der Waals surface area contributed by atoms with Gasteiger partial charge in [0.25, 0.3) is 5.91 Å². The Labute approximate surface area is 246 Å². The molecule has 0 saturated heterocycles. The predicted molar refractivity (Wildman–Crippen MR) is 156 cm³/mol. The Hall–Kier alpha value is -3.99. The third-order valence-corrected chi connectivity index (χ3v) is 8.77. The molecular formula is C30H31BrN6O4. The van der Waals surface area contributed by atoms with Gasteiger partial charge in [-0.25, -0.2) is 9.67 Å².